The number of amides is 2. The van der Waals surface area contributed by atoms with Crippen molar-refractivity contribution in [2.45, 2.75) is 25.8 Å². The smallest absolute Gasteiger partial charge is 0.354 e. The molecule has 0 radical (unpaired) electrons. The summed E-state index contributed by atoms with van der Waals surface area (Å²) in [5.41, 5.74) is 2.53. The first-order valence-electron chi connectivity index (χ1n) is 10.1. The van der Waals surface area contributed by atoms with E-state index in [1.165, 1.54) is 22.4 Å². The number of carbonyl (C=O) groups is 3. The average Bonchev–Trinajstić information content (AvgIpc) is 3.49. The maximum Gasteiger partial charge on any atom is 0.354 e. The minimum Gasteiger partial charge on any atom is -0.477 e. The van der Waals surface area contributed by atoms with Gasteiger partial charge in [0.25, 0.3) is 5.91 Å². The minimum absolute atomic E-state index is 0.0123. The summed E-state index contributed by atoms with van der Waals surface area (Å²) in [6, 6.07) is 3.38. The summed E-state index contributed by atoms with van der Waals surface area (Å²) in [7, 11) is 1.69. The van der Waals surface area contributed by atoms with Crippen molar-refractivity contribution < 1.29 is 19.5 Å². The van der Waals surface area contributed by atoms with Crippen LogP contribution in [0.15, 0.2) is 18.3 Å². The number of likely N-dealkylation sites (N-methyl/N-ethyl adjacent to an activating group) is 1. The van der Waals surface area contributed by atoms with Crippen LogP contribution in [0.5, 0.6) is 0 Å². The molecule has 0 spiro atoms. The fourth-order valence-electron chi connectivity index (χ4n) is 4.16. The summed E-state index contributed by atoms with van der Waals surface area (Å²) >= 11 is 1.53. The lowest BCUT2D eigenvalue weighted by molar-refractivity contribution is -0.119. The molecule has 0 bridgehead atoms. The van der Waals surface area contributed by atoms with Gasteiger partial charge in [-0.15, -0.1) is 11.3 Å². The van der Waals surface area contributed by atoms with E-state index in [0.717, 1.165) is 34.0 Å². The highest BCUT2D eigenvalue weighted by Gasteiger charge is 2.38. The van der Waals surface area contributed by atoms with E-state index in [4.69, 9.17) is 0 Å². The van der Waals surface area contributed by atoms with Crippen LogP contribution in [0.1, 0.15) is 44.1 Å². The summed E-state index contributed by atoms with van der Waals surface area (Å²) in [5.74, 6) is -0.630. The Morgan fingerprint density at radius 1 is 1.30 bits per heavy atom. The lowest BCUT2D eigenvalue weighted by Crippen LogP contribution is -2.38. The third-order valence-electron chi connectivity index (χ3n) is 5.98. The Morgan fingerprint density at radius 2 is 2.10 bits per heavy atom. The first-order chi connectivity index (χ1) is 14.4. The lowest BCUT2D eigenvalue weighted by atomic mass is 10.0. The van der Waals surface area contributed by atoms with Gasteiger partial charge in [0, 0.05) is 36.9 Å². The molecule has 1 aliphatic carbocycles. The van der Waals surface area contributed by atoms with E-state index in [9.17, 15) is 19.5 Å². The number of hydrogen-bond acceptors (Lipinski definition) is 6. The van der Waals surface area contributed by atoms with E-state index in [-0.39, 0.29) is 24.1 Å². The molecule has 30 heavy (non-hydrogen) atoms. The number of nitrogens with zero attached hydrogens (tertiary/aromatic N) is 4. The number of carboxylic acid groups (broad SMARTS) is 1. The van der Waals surface area contributed by atoms with Gasteiger partial charge in [-0.3, -0.25) is 9.59 Å². The highest BCUT2D eigenvalue weighted by molar-refractivity contribution is 7.17. The number of fused-ring (bicyclic) bond motifs is 3. The van der Waals surface area contributed by atoms with Crippen molar-refractivity contribution in [2.24, 2.45) is 5.92 Å². The van der Waals surface area contributed by atoms with Gasteiger partial charge < -0.3 is 19.8 Å². The molecule has 4 heterocycles. The summed E-state index contributed by atoms with van der Waals surface area (Å²) in [4.78, 5) is 47.6. The Balaban J connectivity index is 1.51. The number of pyridine rings is 1. The van der Waals surface area contributed by atoms with Crippen LogP contribution in [0.25, 0.3) is 0 Å². The van der Waals surface area contributed by atoms with Crippen molar-refractivity contribution in [3.8, 4) is 0 Å². The zero-order valence-corrected chi connectivity index (χ0v) is 17.4. The molecule has 0 unspecified atom stereocenters. The minimum atomic E-state index is -1.06. The summed E-state index contributed by atoms with van der Waals surface area (Å²) in [6.07, 6.45) is 4.45. The van der Waals surface area contributed by atoms with Crippen LogP contribution >= 0.6 is 11.3 Å². The van der Waals surface area contributed by atoms with Crippen LogP contribution < -0.4 is 9.80 Å². The molecule has 0 aromatic carbocycles. The Kier molecular flexibility index (Phi) is 4.50. The zero-order valence-electron chi connectivity index (χ0n) is 16.6. The fourth-order valence-corrected chi connectivity index (χ4v) is 5.54. The number of anilines is 2. The molecule has 2 aromatic heterocycles. The molecule has 2 aliphatic heterocycles. The molecule has 1 saturated carbocycles. The average molecular weight is 426 g/mol. The van der Waals surface area contributed by atoms with Crippen molar-refractivity contribution in [1.29, 1.82) is 0 Å². The van der Waals surface area contributed by atoms with E-state index in [1.54, 1.807) is 19.2 Å². The summed E-state index contributed by atoms with van der Waals surface area (Å²) < 4.78 is 0. The Bertz CT molecular complexity index is 1060. The van der Waals surface area contributed by atoms with E-state index in [0.29, 0.717) is 37.5 Å². The van der Waals surface area contributed by atoms with Crippen molar-refractivity contribution >= 4 is 39.8 Å². The van der Waals surface area contributed by atoms with Crippen molar-refractivity contribution in [3.63, 3.8) is 0 Å². The molecular formula is C21H22N4O4S. The number of rotatable bonds is 4. The van der Waals surface area contributed by atoms with Gasteiger partial charge in [0.05, 0.1) is 12.1 Å². The van der Waals surface area contributed by atoms with Crippen LogP contribution in [0.4, 0.5) is 10.7 Å². The Hall–Kier alpha value is -2.94. The van der Waals surface area contributed by atoms with E-state index < -0.39 is 5.97 Å². The van der Waals surface area contributed by atoms with Crippen molar-refractivity contribution in [1.82, 2.24) is 9.88 Å². The first-order valence-corrected chi connectivity index (χ1v) is 10.9. The van der Waals surface area contributed by atoms with Gasteiger partial charge in [0.2, 0.25) is 5.91 Å². The van der Waals surface area contributed by atoms with Crippen LogP contribution in [-0.4, -0.2) is 59.5 Å². The first kappa shape index (κ1) is 19.0. The maximum atomic E-state index is 13.1. The second kappa shape index (κ2) is 7.09. The molecule has 2 aromatic rings. The molecule has 0 saturated heterocycles. The molecule has 5 rings (SSSR count). The predicted octanol–water partition coefficient (Wildman–Crippen LogP) is 2.23. The zero-order chi connectivity index (χ0) is 21.0. The summed E-state index contributed by atoms with van der Waals surface area (Å²) in [6.45, 7) is 2.05. The van der Waals surface area contributed by atoms with Gasteiger partial charge in [-0.25, -0.2) is 9.78 Å². The molecule has 8 nitrogen and oxygen atoms in total. The largest absolute Gasteiger partial charge is 0.477 e. The molecule has 1 fully saturated rings. The quantitative estimate of drug-likeness (QED) is 0.806. The number of aromatic carboxylic acids is 1. The van der Waals surface area contributed by atoms with E-state index in [1.807, 2.05) is 4.90 Å². The third kappa shape index (κ3) is 3.23. The monoisotopic (exact) mass is 426 g/mol. The van der Waals surface area contributed by atoms with Crippen LogP contribution in [-0.2, 0) is 17.8 Å². The number of thiophene rings is 1. The lowest BCUT2D eigenvalue weighted by Gasteiger charge is -2.29. The number of aromatic nitrogens is 1. The second-order valence-corrected chi connectivity index (χ2v) is 9.25. The van der Waals surface area contributed by atoms with E-state index >= 15 is 0 Å². The number of carbonyl (C=O) groups excluding carboxylic acids is 2. The molecule has 2 amide bonds. The number of hydrogen-bond donors (Lipinski definition) is 1. The second-order valence-electron chi connectivity index (χ2n) is 8.17. The Labute approximate surface area is 177 Å². The molecule has 0 atom stereocenters. The van der Waals surface area contributed by atoms with Crippen molar-refractivity contribution in [2.75, 3.05) is 36.5 Å². The van der Waals surface area contributed by atoms with Gasteiger partial charge in [-0.05, 0) is 42.9 Å². The predicted molar refractivity (Wildman–Crippen MR) is 112 cm³/mol. The molecule has 156 valence electrons. The standard InChI is InChI=1S/C21H22N4O4S/c1-23-11-17(26)25(9-12-2-3-12)20-18(19(23)27)14-5-7-24(10-16(14)30-20)13-4-6-22-15(8-13)21(28)29/h4,6,8,12H,2-3,5,7,9-11H2,1H3,(H,28,29). The van der Waals surface area contributed by atoms with E-state index in [2.05, 4.69) is 9.88 Å². The highest BCUT2D eigenvalue weighted by Crippen LogP contribution is 2.43. The number of carboxylic acids is 1. The van der Waals surface area contributed by atoms with Crippen LogP contribution in [0.2, 0.25) is 0 Å². The van der Waals surface area contributed by atoms with Gasteiger partial charge >= 0.3 is 5.97 Å². The fraction of sp³-hybridized carbons (Fsp3) is 0.429. The van der Waals surface area contributed by atoms with Crippen LogP contribution in [0, 0.1) is 5.92 Å². The molecule has 3 aliphatic rings. The van der Waals surface area contributed by atoms with Gasteiger partial charge in [-0.2, -0.15) is 0 Å². The third-order valence-corrected chi connectivity index (χ3v) is 7.22. The molecule has 9 heteroatoms. The molecule has 1 N–H and O–H groups in total. The topological polar surface area (TPSA) is 94.1 Å². The van der Waals surface area contributed by atoms with Crippen LogP contribution in [0.3, 0.4) is 0 Å². The van der Waals surface area contributed by atoms with Crippen molar-refractivity contribution in [3.05, 3.63) is 40.0 Å². The van der Waals surface area contributed by atoms with Gasteiger partial charge in [0.15, 0.2) is 0 Å². The summed E-state index contributed by atoms with van der Waals surface area (Å²) in [5, 5.41) is 10.0. The normalized spacial score (nSPS) is 18.9. The molecular weight excluding hydrogens is 404 g/mol. The SMILES string of the molecule is CN1CC(=O)N(CC2CC2)c2sc3c(c2C1=O)CCN(c1ccnc(C(=O)O)c1)C3. The van der Waals surface area contributed by atoms with Gasteiger partial charge in [0.1, 0.15) is 17.2 Å². The van der Waals surface area contributed by atoms with Gasteiger partial charge in [-0.1, -0.05) is 0 Å². The maximum absolute atomic E-state index is 13.1. The Morgan fingerprint density at radius 3 is 2.83 bits per heavy atom. The highest BCUT2D eigenvalue weighted by atomic mass is 32.1.